The number of piperazine rings is 1. The molecule has 1 fully saturated rings. The van der Waals surface area contributed by atoms with Gasteiger partial charge in [0.15, 0.2) is 0 Å². The zero-order valence-electron chi connectivity index (χ0n) is 11.1. The predicted molar refractivity (Wildman–Crippen MR) is 86.7 cm³/mol. The molecule has 1 aliphatic rings. The fraction of sp³-hybridized carbons (Fsp3) is 0.385. The average Bonchev–Trinajstić information content (AvgIpc) is 2.44. The van der Waals surface area contributed by atoms with Crippen molar-refractivity contribution in [1.29, 1.82) is 0 Å². The van der Waals surface area contributed by atoms with E-state index in [9.17, 15) is 4.79 Å². The summed E-state index contributed by atoms with van der Waals surface area (Å²) < 4.78 is 2.96. The third-order valence-electron chi connectivity index (χ3n) is 3.22. The van der Waals surface area contributed by atoms with Gasteiger partial charge in [0.25, 0.3) is 0 Å². The second-order valence-corrected chi connectivity index (χ2v) is 6.41. The second-order valence-electron chi connectivity index (χ2n) is 4.37. The molecule has 2 rings (SSSR count). The maximum absolute atomic E-state index is 11.8. The Bertz CT molecular complexity index is 508. The lowest BCUT2D eigenvalue weighted by molar-refractivity contribution is -0.128. The van der Waals surface area contributed by atoms with Crippen LogP contribution in [0.15, 0.2) is 29.4 Å². The van der Waals surface area contributed by atoms with E-state index in [1.807, 2.05) is 23.3 Å². The van der Waals surface area contributed by atoms with Gasteiger partial charge in [0.2, 0.25) is 5.91 Å². The molecule has 1 aliphatic heterocycles. The maximum atomic E-state index is 11.8. The first kappa shape index (κ1) is 15.8. The number of carbonyl (C=O) groups excluding carboxylic acids is 1. The molecule has 0 N–H and O–H groups in total. The SMILES string of the molecule is C=CC(=O)N1CCN(SC)C(c2cc(Cl)nc(Br)c2)C1. The molecule has 4 nitrogen and oxygen atoms in total. The molecule has 0 aromatic carbocycles. The van der Waals surface area contributed by atoms with Gasteiger partial charge in [-0.2, -0.15) is 0 Å². The Morgan fingerprint density at radius 3 is 2.95 bits per heavy atom. The van der Waals surface area contributed by atoms with E-state index in [1.54, 1.807) is 11.9 Å². The number of hydrogen-bond acceptors (Lipinski definition) is 4. The van der Waals surface area contributed by atoms with Crippen molar-refractivity contribution < 1.29 is 4.79 Å². The molecule has 1 saturated heterocycles. The zero-order chi connectivity index (χ0) is 14.7. The molecule has 0 saturated carbocycles. The summed E-state index contributed by atoms with van der Waals surface area (Å²) in [6.07, 6.45) is 3.40. The molecule has 108 valence electrons. The number of aromatic nitrogens is 1. The number of nitrogens with zero attached hydrogens (tertiary/aromatic N) is 3. The Labute approximate surface area is 136 Å². The number of carbonyl (C=O) groups is 1. The number of amides is 1. The van der Waals surface area contributed by atoms with Crippen molar-refractivity contribution in [2.75, 3.05) is 25.9 Å². The summed E-state index contributed by atoms with van der Waals surface area (Å²) in [5.74, 6) is -0.0324. The van der Waals surface area contributed by atoms with Gasteiger partial charge in [-0.3, -0.25) is 4.79 Å². The van der Waals surface area contributed by atoms with Gasteiger partial charge in [-0.15, -0.1) is 0 Å². The van der Waals surface area contributed by atoms with Gasteiger partial charge < -0.3 is 4.90 Å². The minimum Gasteiger partial charge on any atom is -0.336 e. The number of pyridine rings is 1. The lowest BCUT2D eigenvalue weighted by atomic mass is 10.1. The van der Waals surface area contributed by atoms with E-state index in [2.05, 4.69) is 31.8 Å². The van der Waals surface area contributed by atoms with Gasteiger partial charge in [0.05, 0.1) is 6.04 Å². The zero-order valence-corrected chi connectivity index (χ0v) is 14.2. The van der Waals surface area contributed by atoms with Crippen molar-refractivity contribution >= 4 is 45.4 Å². The summed E-state index contributed by atoms with van der Waals surface area (Å²) in [6.45, 7) is 5.69. The summed E-state index contributed by atoms with van der Waals surface area (Å²) in [6, 6.07) is 3.89. The highest BCUT2D eigenvalue weighted by atomic mass is 79.9. The quantitative estimate of drug-likeness (QED) is 0.461. The second kappa shape index (κ2) is 6.93. The normalized spacial score (nSPS) is 19.9. The van der Waals surface area contributed by atoms with E-state index < -0.39 is 0 Å². The topological polar surface area (TPSA) is 36.4 Å². The Hall–Kier alpha value is -0.560. The van der Waals surface area contributed by atoms with Crippen LogP contribution in [0.25, 0.3) is 0 Å². The van der Waals surface area contributed by atoms with Crippen molar-refractivity contribution in [2.45, 2.75) is 6.04 Å². The lowest BCUT2D eigenvalue weighted by Gasteiger charge is -2.40. The predicted octanol–water partition coefficient (Wildman–Crippen LogP) is 3.15. The van der Waals surface area contributed by atoms with Crippen LogP contribution in [-0.2, 0) is 4.79 Å². The van der Waals surface area contributed by atoms with Crippen LogP contribution < -0.4 is 0 Å². The molecule has 7 heteroatoms. The smallest absolute Gasteiger partial charge is 0.246 e. The summed E-state index contributed by atoms with van der Waals surface area (Å²) in [5, 5.41) is 0.447. The van der Waals surface area contributed by atoms with Crippen LogP contribution in [0.4, 0.5) is 0 Å². The van der Waals surface area contributed by atoms with Gasteiger partial charge in [0.1, 0.15) is 9.76 Å². The van der Waals surface area contributed by atoms with Crippen LogP contribution >= 0.6 is 39.5 Å². The van der Waals surface area contributed by atoms with E-state index in [1.165, 1.54) is 6.08 Å². The molecule has 1 unspecified atom stereocenters. The van der Waals surface area contributed by atoms with E-state index in [0.29, 0.717) is 22.8 Å². The lowest BCUT2D eigenvalue weighted by Crippen LogP contribution is -2.47. The molecule has 1 atom stereocenters. The van der Waals surface area contributed by atoms with Crippen molar-refractivity contribution in [3.05, 3.63) is 40.1 Å². The van der Waals surface area contributed by atoms with Crippen LogP contribution in [0.1, 0.15) is 11.6 Å². The molecule has 0 aliphatic carbocycles. The standard InChI is InChI=1S/C13H15BrClN3OS/c1-3-13(19)17-4-5-18(20-2)10(8-17)9-6-11(14)16-12(15)7-9/h3,6-7,10H,1,4-5,8H2,2H3. The van der Waals surface area contributed by atoms with Crippen LogP contribution in [-0.4, -0.2) is 46.0 Å². The molecule has 0 spiro atoms. The van der Waals surface area contributed by atoms with Crippen molar-refractivity contribution in [3.63, 3.8) is 0 Å². The number of rotatable bonds is 3. The molecular weight excluding hydrogens is 362 g/mol. The molecule has 2 heterocycles. The van der Waals surface area contributed by atoms with Crippen LogP contribution in [0.5, 0.6) is 0 Å². The van der Waals surface area contributed by atoms with Crippen LogP contribution in [0.2, 0.25) is 5.15 Å². The van der Waals surface area contributed by atoms with Crippen molar-refractivity contribution in [3.8, 4) is 0 Å². The van der Waals surface area contributed by atoms with Crippen LogP contribution in [0.3, 0.4) is 0 Å². The summed E-state index contributed by atoms with van der Waals surface area (Å²) in [5.41, 5.74) is 1.05. The number of hydrogen-bond donors (Lipinski definition) is 0. The van der Waals surface area contributed by atoms with Gasteiger partial charge in [-0.25, -0.2) is 9.29 Å². The van der Waals surface area contributed by atoms with Crippen LogP contribution in [0, 0.1) is 0 Å². The van der Waals surface area contributed by atoms with E-state index in [-0.39, 0.29) is 11.9 Å². The first-order chi connectivity index (χ1) is 9.55. The highest BCUT2D eigenvalue weighted by Gasteiger charge is 2.30. The van der Waals surface area contributed by atoms with E-state index >= 15 is 0 Å². The Morgan fingerprint density at radius 2 is 2.35 bits per heavy atom. The monoisotopic (exact) mass is 375 g/mol. The summed E-state index contributed by atoms with van der Waals surface area (Å²) in [7, 11) is 0. The maximum Gasteiger partial charge on any atom is 0.246 e. The van der Waals surface area contributed by atoms with Gasteiger partial charge in [-0.05, 0) is 46.0 Å². The third kappa shape index (κ3) is 3.55. The average molecular weight is 377 g/mol. The highest BCUT2D eigenvalue weighted by Crippen LogP contribution is 2.32. The summed E-state index contributed by atoms with van der Waals surface area (Å²) in [4.78, 5) is 17.7. The summed E-state index contributed by atoms with van der Waals surface area (Å²) >= 11 is 11.1. The number of halogens is 2. The Morgan fingerprint density at radius 1 is 1.60 bits per heavy atom. The largest absolute Gasteiger partial charge is 0.336 e. The van der Waals surface area contributed by atoms with Gasteiger partial charge in [0, 0.05) is 19.6 Å². The molecule has 20 heavy (non-hydrogen) atoms. The fourth-order valence-electron chi connectivity index (χ4n) is 2.26. The van der Waals surface area contributed by atoms with Crippen molar-refractivity contribution in [1.82, 2.24) is 14.2 Å². The highest BCUT2D eigenvalue weighted by molar-refractivity contribution is 9.10. The molecule has 1 aromatic heterocycles. The van der Waals surface area contributed by atoms with E-state index in [0.717, 1.165) is 12.1 Å². The first-order valence-corrected chi connectivity index (χ1v) is 8.45. The minimum atomic E-state index is -0.0324. The third-order valence-corrected chi connectivity index (χ3v) is 4.73. The fourth-order valence-corrected chi connectivity index (χ4v) is 3.74. The molecule has 0 bridgehead atoms. The van der Waals surface area contributed by atoms with Gasteiger partial charge >= 0.3 is 0 Å². The molecule has 1 amide bonds. The molecule has 1 aromatic rings. The molecule has 0 radical (unpaired) electrons. The van der Waals surface area contributed by atoms with Gasteiger partial charge in [-0.1, -0.05) is 30.1 Å². The Balaban J connectivity index is 2.28. The molecular formula is C13H15BrClN3OS. The van der Waals surface area contributed by atoms with E-state index in [4.69, 9.17) is 11.6 Å². The Kier molecular flexibility index (Phi) is 5.49. The van der Waals surface area contributed by atoms with Crippen molar-refractivity contribution in [2.24, 2.45) is 0 Å². The first-order valence-electron chi connectivity index (χ1n) is 6.10. The minimum absolute atomic E-state index is 0.0324.